The van der Waals surface area contributed by atoms with Crippen LogP contribution in [-0.2, 0) is 13.0 Å². The van der Waals surface area contributed by atoms with Crippen LogP contribution in [0.4, 0.5) is 0 Å². The van der Waals surface area contributed by atoms with E-state index in [0.29, 0.717) is 11.5 Å². The summed E-state index contributed by atoms with van der Waals surface area (Å²) in [5.41, 5.74) is 5.03. The highest BCUT2D eigenvalue weighted by Crippen LogP contribution is 2.33. The highest BCUT2D eigenvalue weighted by molar-refractivity contribution is 6.04. The number of aryl methyl sites for hydroxylation is 2. The zero-order chi connectivity index (χ0) is 17.1. The number of rotatable bonds is 7. The molecule has 0 spiro atoms. The summed E-state index contributed by atoms with van der Waals surface area (Å²) in [6.45, 7) is 11.6. The van der Waals surface area contributed by atoms with Gasteiger partial charge in [0, 0.05) is 17.6 Å². The summed E-state index contributed by atoms with van der Waals surface area (Å²) in [4.78, 5) is 11.9. The van der Waals surface area contributed by atoms with Gasteiger partial charge in [-0.2, -0.15) is 0 Å². The summed E-state index contributed by atoms with van der Waals surface area (Å²) >= 11 is 0. The molecule has 0 aliphatic carbocycles. The second kappa shape index (κ2) is 7.20. The molecule has 1 aromatic heterocycles. The second-order valence-corrected chi connectivity index (χ2v) is 6.74. The Morgan fingerprint density at radius 3 is 2.43 bits per heavy atom. The normalized spacial score (nSPS) is 11.6. The molecule has 1 N–H and O–H groups in total. The van der Waals surface area contributed by atoms with Gasteiger partial charge in [0.2, 0.25) is 0 Å². The van der Waals surface area contributed by atoms with Gasteiger partial charge in [0.15, 0.2) is 0 Å². The first-order valence-corrected chi connectivity index (χ1v) is 8.81. The van der Waals surface area contributed by atoms with Gasteiger partial charge in [-0.3, -0.25) is 0 Å². The predicted molar refractivity (Wildman–Crippen MR) is 96.6 cm³/mol. The van der Waals surface area contributed by atoms with Gasteiger partial charge in [0.25, 0.3) is 0 Å². The lowest BCUT2D eigenvalue weighted by atomic mass is 9.96. The van der Waals surface area contributed by atoms with Gasteiger partial charge in [0.05, 0.1) is 11.1 Å². The minimum Gasteiger partial charge on any atom is -0.478 e. The van der Waals surface area contributed by atoms with Crippen molar-refractivity contribution in [2.45, 2.75) is 72.8 Å². The summed E-state index contributed by atoms with van der Waals surface area (Å²) in [5.74, 6) is -0.498. The molecular formula is C20H29NO2. The number of benzene rings is 1. The number of aromatic nitrogens is 1. The van der Waals surface area contributed by atoms with E-state index in [9.17, 15) is 9.90 Å². The molecule has 0 fully saturated rings. The molecule has 0 amide bonds. The fourth-order valence-electron chi connectivity index (χ4n) is 3.36. The quantitative estimate of drug-likeness (QED) is 0.730. The third kappa shape index (κ3) is 3.29. The zero-order valence-corrected chi connectivity index (χ0v) is 15.1. The molecule has 0 bridgehead atoms. The topological polar surface area (TPSA) is 42.2 Å². The van der Waals surface area contributed by atoms with Gasteiger partial charge in [-0.15, -0.1) is 0 Å². The van der Waals surface area contributed by atoms with Gasteiger partial charge in [0.1, 0.15) is 0 Å². The fourth-order valence-corrected chi connectivity index (χ4v) is 3.36. The molecule has 3 heteroatoms. The summed E-state index contributed by atoms with van der Waals surface area (Å²) < 4.78 is 2.23. The standard InChI is InChI=1S/C20H29NO2/c1-6-8-10-21-14(5)16(9-7-2)17-11-15(13(3)4)12-18(19(17)21)20(22)23/h11-13H,6-10H2,1-5H3,(H,22,23). The number of nitrogens with zero attached hydrogens (tertiary/aromatic N) is 1. The van der Waals surface area contributed by atoms with Gasteiger partial charge in [-0.25, -0.2) is 4.79 Å². The third-order valence-corrected chi connectivity index (χ3v) is 4.70. The minimum absolute atomic E-state index is 0.325. The van der Waals surface area contributed by atoms with Gasteiger partial charge < -0.3 is 9.67 Å². The van der Waals surface area contributed by atoms with Crippen LogP contribution in [0.2, 0.25) is 0 Å². The lowest BCUT2D eigenvalue weighted by Gasteiger charge is -2.12. The maximum Gasteiger partial charge on any atom is 0.337 e. The van der Waals surface area contributed by atoms with Crippen molar-refractivity contribution in [2.24, 2.45) is 0 Å². The Bertz CT molecular complexity index is 710. The van der Waals surface area contributed by atoms with Crippen LogP contribution in [0.15, 0.2) is 12.1 Å². The number of hydrogen-bond donors (Lipinski definition) is 1. The first-order chi connectivity index (χ1) is 10.9. The van der Waals surface area contributed by atoms with Crippen molar-refractivity contribution in [2.75, 3.05) is 0 Å². The minimum atomic E-state index is -0.823. The lowest BCUT2D eigenvalue weighted by molar-refractivity contribution is 0.0698. The van der Waals surface area contributed by atoms with Crippen LogP contribution in [0.25, 0.3) is 10.9 Å². The van der Waals surface area contributed by atoms with Crippen molar-refractivity contribution < 1.29 is 9.90 Å². The van der Waals surface area contributed by atoms with E-state index in [0.717, 1.165) is 48.7 Å². The Hall–Kier alpha value is -1.77. The number of hydrogen-bond acceptors (Lipinski definition) is 1. The number of unbranched alkanes of at least 4 members (excludes halogenated alkanes) is 1. The van der Waals surface area contributed by atoms with E-state index in [4.69, 9.17) is 0 Å². The van der Waals surface area contributed by atoms with Crippen molar-refractivity contribution in [1.29, 1.82) is 0 Å². The van der Waals surface area contributed by atoms with E-state index in [1.807, 2.05) is 6.07 Å². The fraction of sp³-hybridized carbons (Fsp3) is 0.550. The molecule has 2 aromatic rings. The van der Waals surface area contributed by atoms with Crippen molar-refractivity contribution in [3.8, 4) is 0 Å². The lowest BCUT2D eigenvalue weighted by Crippen LogP contribution is -2.06. The van der Waals surface area contributed by atoms with Gasteiger partial charge in [-0.1, -0.05) is 40.5 Å². The van der Waals surface area contributed by atoms with Crippen LogP contribution < -0.4 is 0 Å². The Labute approximate surface area is 139 Å². The summed E-state index contributed by atoms with van der Waals surface area (Å²) in [6.07, 6.45) is 4.25. The van der Waals surface area contributed by atoms with Crippen molar-refractivity contribution in [1.82, 2.24) is 4.57 Å². The first-order valence-electron chi connectivity index (χ1n) is 8.81. The number of carbonyl (C=O) groups is 1. The molecule has 23 heavy (non-hydrogen) atoms. The van der Waals surface area contributed by atoms with Gasteiger partial charge >= 0.3 is 5.97 Å². The molecule has 0 radical (unpaired) electrons. The van der Waals surface area contributed by atoms with E-state index in [1.54, 1.807) is 0 Å². The van der Waals surface area contributed by atoms with E-state index in [1.165, 1.54) is 11.3 Å². The average Bonchev–Trinajstić information content (AvgIpc) is 2.77. The SMILES string of the molecule is CCCCn1c(C)c(CCC)c2cc(C(C)C)cc(C(=O)O)c21. The number of aromatic carboxylic acids is 1. The van der Waals surface area contributed by atoms with E-state index < -0.39 is 5.97 Å². The highest BCUT2D eigenvalue weighted by atomic mass is 16.4. The Morgan fingerprint density at radius 1 is 1.22 bits per heavy atom. The third-order valence-electron chi connectivity index (χ3n) is 4.70. The molecule has 0 aliphatic rings. The molecular weight excluding hydrogens is 286 g/mol. The van der Waals surface area contributed by atoms with Crippen LogP contribution in [0.3, 0.4) is 0 Å². The highest BCUT2D eigenvalue weighted by Gasteiger charge is 2.21. The zero-order valence-electron chi connectivity index (χ0n) is 15.1. The second-order valence-electron chi connectivity index (χ2n) is 6.74. The average molecular weight is 315 g/mol. The largest absolute Gasteiger partial charge is 0.478 e. The molecule has 0 aliphatic heterocycles. The Morgan fingerprint density at radius 2 is 1.91 bits per heavy atom. The molecule has 1 heterocycles. The van der Waals surface area contributed by atoms with Crippen LogP contribution in [-0.4, -0.2) is 15.6 Å². The molecule has 3 nitrogen and oxygen atoms in total. The maximum absolute atomic E-state index is 11.9. The smallest absolute Gasteiger partial charge is 0.337 e. The van der Waals surface area contributed by atoms with Gasteiger partial charge in [-0.05, 0) is 48.9 Å². The summed E-state index contributed by atoms with van der Waals surface area (Å²) in [5, 5.41) is 10.9. The van der Waals surface area contributed by atoms with E-state index in [2.05, 4.69) is 45.3 Å². The predicted octanol–water partition coefficient (Wildman–Crippen LogP) is 5.52. The van der Waals surface area contributed by atoms with Crippen LogP contribution in [0.1, 0.15) is 80.1 Å². The Kier molecular flexibility index (Phi) is 5.51. The molecule has 0 atom stereocenters. The van der Waals surface area contributed by atoms with Crippen LogP contribution in [0.5, 0.6) is 0 Å². The van der Waals surface area contributed by atoms with Crippen molar-refractivity contribution >= 4 is 16.9 Å². The number of carboxylic acid groups (broad SMARTS) is 1. The molecule has 0 unspecified atom stereocenters. The van der Waals surface area contributed by atoms with Crippen LogP contribution >= 0.6 is 0 Å². The van der Waals surface area contributed by atoms with Crippen molar-refractivity contribution in [3.05, 3.63) is 34.5 Å². The summed E-state index contributed by atoms with van der Waals surface area (Å²) in [6, 6.07) is 4.08. The molecule has 2 rings (SSSR count). The number of carboxylic acids is 1. The molecule has 1 aromatic carbocycles. The summed E-state index contributed by atoms with van der Waals surface area (Å²) in [7, 11) is 0. The molecule has 0 saturated heterocycles. The number of fused-ring (bicyclic) bond motifs is 1. The van der Waals surface area contributed by atoms with Crippen molar-refractivity contribution in [3.63, 3.8) is 0 Å². The first kappa shape index (κ1) is 17.6. The van der Waals surface area contributed by atoms with E-state index >= 15 is 0 Å². The monoisotopic (exact) mass is 315 g/mol. The molecule has 126 valence electrons. The Balaban J connectivity index is 2.83. The molecule has 0 saturated carbocycles. The van der Waals surface area contributed by atoms with Crippen LogP contribution in [0, 0.1) is 6.92 Å². The maximum atomic E-state index is 11.9. The van der Waals surface area contributed by atoms with E-state index in [-0.39, 0.29) is 0 Å².